The Morgan fingerprint density at radius 2 is 0.500 bits per heavy atom. The minimum atomic E-state index is 0.736. The van der Waals surface area contributed by atoms with Crippen molar-refractivity contribution in [1.82, 2.24) is 0 Å². The van der Waals surface area contributed by atoms with Gasteiger partial charge in [-0.3, -0.25) is 0 Å². The van der Waals surface area contributed by atoms with E-state index in [2.05, 4.69) is 118 Å². The standard InChI is InChI=1S/C34H70/c1-18-29(31(22(7)8)26(15)20(3)4)33(24(11)12)28(17)34(25(13)14)30(19-2)32(23(9)10)27(16)21(5)6/h20-34H,18-19H2,1-17H3. The van der Waals surface area contributed by atoms with E-state index in [1.807, 2.05) is 0 Å². The second-order valence-corrected chi connectivity index (χ2v) is 14.5. The largest absolute Gasteiger partial charge is 0.0651 e. The van der Waals surface area contributed by atoms with E-state index in [1.54, 1.807) is 0 Å². The van der Waals surface area contributed by atoms with Gasteiger partial charge in [-0.1, -0.05) is 131 Å². The summed E-state index contributed by atoms with van der Waals surface area (Å²) in [5, 5.41) is 0. The monoisotopic (exact) mass is 479 g/mol. The highest BCUT2D eigenvalue weighted by molar-refractivity contribution is 4.93. The van der Waals surface area contributed by atoms with Crippen LogP contribution in [0.1, 0.15) is 131 Å². The van der Waals surface area contributed by atoms with Crippen molar-refractivity contribution in [2.24, 2.45) is 88.8 Å². The van der Waals surface area contributed by atoms with Gasteiger partial charge < -0.3 is 0 Å². The van der Waals surface area contributed by atoms with Gasteiger partial charge in [-0.25, -0.2) is 0 Å². The van der Waals surface area contributed by atoms with Gasteiger partial charge in [-0.15, -0.1) is 0 Å². The second kappa shape index (κ2) is 15.3. The molecule has 0 N–H and O–H groups in total. The van der Waals surface area contributed by atoms with Crippen LogP contribution in [0.3, 0.4) is 0 Å². The molecule has 0 aromatic heterocycles. The van der Waals surface area contributed by atoms with Gasteiger partial charge in [0, 0.05) is 0 Å². The minimum Gasteiger partial charge on any atom is -0.0651 e. The van der Waals surface area contributed by atoms with Crippen molar-refractivity contribution < 1.29 is 0 Å². The van der Waals surface area contributed by atoms with E-state index in [-0.39, 0.29) is 0 Å². The lowest BCUT2D eigenvalue weighted by atomic mass is 9.55. The third kappa shape index (κ3) is 8.54. The molecule has 8 unspecified atom stereocenters. The Hall–Kier alpha value is 0. The maximum atomic E-state index is 2.68. The summed E-state index contributed by atoms with van der Waals surface area (Å²) < 4.78 is 0. The fraction of sp³-hybridized carbons (Fsp3) is 1.00. The third-order valence-corrected chi connectivity index (χ3v) is 10.5. The molecule has 0 heteroatoms. The van der Waals surface area contributed by atoms with Crippen molar-refractivity contribution >= 4 is 0 Å². The summed E-state index contributed by atoms with van der Waals surface area (Å²) in [4.78, 5) is 0. The van der Waals surface area contributed by atoms with Gasteiger partial charge in [0.25, 0.3) is 0 Å². The molecule has 0 aliphatic rings. The molecule has 0 spiro atoms. The summed E-state index contributed by atoms with van der Waals surface area (Å²) in [6.07, 6.45) is 2.65. The fourth-order valence-corrected chi connectivity index (χ4v) is 8.71. The van der Waals surface area contributed by atoms with Gasteiger partial charge in [0.05, 0.1) is 0 Å². The Balaban J connectivity index is 6.60. The molecule has 0 aliphatic heterocycles. The fourth-order valence-electron chi connectivity index (χ4n) is 8.71. The highest BCUT2D eigenvalue weighted by Gasteiger charge is 2.45. The molecule has 0 bridgehead atoms. The van der Waals surface area contributed by atoms with Gasteiger partial charge in [0.15, 0.2) is 0 Å². The van der Waals surface area contributed by atoms with Crippen molar-refractivity contribution in [3.8, 4) is 0 Å². The topological polar surface area (TPSA) is 0 Å². The van der Waals surface area contributed by atoms with Crippen molar-refractivity contribution in [1.29, 1.82) is 0 Å². The van der Waals surface area contributed by atoms with Crippen LogP contribution in [0, 0.1) is 88.8 Å². The molecule has 0 nitrogen and oxygen atoms in total. The Morgan fingerprint density at radius 3 is 0.647 bits per heavy atom. The van der Waals surface area contributed by atoms with Crippen molar-refractivity contribution in [3.63, 3.8) is 0 Å². The smallest absolute Gasteiger partial charge is 0.0331 e. The third-order valence-electron chi connectivity index (χ3n) is 10.5. The average Bonchev–Trinajstić information content (AvgIpc) is 2.70. The Morgan fingerprint density at radius 1 is 0.294 bits per heavy atom. The lowest BCUT2D eigenvalue weighted by molar-refractivity contribution is -0.0213. The predicted molar refractivity (Wildman–Crippen MR) is 158 cm³/mol. The molecule has 0 saturated heterocycles. The van der Waals surface area contributed by atoms with Crippen LogP contribution in [-0.4, -0.2) is 0 Å². The Kier molecular flexibility index (Phi) is 15.3. The highest BCUT2D eigenvalue weighted by Crippen LogP contribution is 2.51. The summed E-state index contributed by atoms with van der Waals surface area (Å²) in [6.45, 7) is 42.7. The molecule has 8 atom stereocenters. The van der Waals surface area contributed by atoms with E-state index >= 15 is 0 Å². The first-order chi connectivity index (χ1) is 15.6. The van der Waals surface area contributed by atoms with E-state index in [4.69, 9.17) is 0 Å². The molecule has 0 fully saturated rings. The molecule has 0 saturated carbocycles. The molecule has 0 amide bonds. The molecule has 0 aromatic carbocycles. The molecule has 206 valence electrons. The van der Waals surface area contributed by atoms with Gasteiger partial charge in [0.1, 0.15) is 0 Å². The maximum Gasteiger partial charge on any atom is -0.0331 e. The van der Waals surface area contributed by atoms with E-state index in [0.29, 0.717) is 0 Å². The number of rotatable bonds is 16. The molecule has 0 aliphatic carbocycles. The molecular formula is C34H70. The highest BCUT2D eigenvalue weighted by atomic mass is 14.5. The van der Waals surface area contributed by atoms with Crippen molar-refractivity contribution in [2.75, 3.05) is 0 Å². The maximum absolute atomic E-state index is 2.68. The lowest BCUT2D eigenvalue weighted by Crippen LogP contribution is -2.45. The summed E-state index contributed by atoms with van der Waals surface area (Å²) in [7, 11) is 0. The molecular weight excluding hydrogens is 408 g/mol. The van der Waals surface area contributed by atoms with Crippen LogP contribution < -0.4 is 0 Å². The van der Waals surface area contributed by atoms with Crippen LogP contribution in [0.15, 0.2) is 0 Å². The predicted octanol–water partition coefficient (Wildman–Crippen LogP) is 11.3. The minimum absolute atomic E-state index is 0.736. The first-order valence-corrected chi connectivity index (χ1v) is 15.6. The van der Waals surface area contributed by atoms with Crippen LogP contribution in [0.4, 0.5) is 0 Å². The quantitative estimate of drug-likeness (QED) is 0.207. The second-order valence-electron chi connectivity index (χ2n) is 14.5. The SMILES string of the molecule is CCC(C(C(C)C)C(C)C(C)C)C(C(C)C)C(C)C(C(C)C)C(CC)C(C(C)C)C(C)C(C)C. The number of hydrogen-bond acceptors (Lipinski definition) is 0. The number of hydrogen-bond donors (Lipinski definition) is 0. The van der Waals surface area contributed by atoms with Gasteiger partial charge in [-0.05, 0) is 88.8 Å². The summed E-state index contributed by atoms with van der Waals surface area (Å²) in [6, 6.07) is 0. The van der Waals surface area contributed by atoms with E-state index in [1.165, 1.54) is 12.8 Å². The van der Waals surface area contributed by atoms with Crippen molar-refractivity contribution in [2.45, 2.75) is 131 Å². The van der Waals surface area contributed by atoms with Crippen LogP contribution in [0.5, 0.6) is 0 Å². The van der Waals surface area contributed by atoms with Gasteiger partial charge in [0.2, 0.25) is 0 Å². The van der Waals surface area contributed by atoms with Crippen LogP contribution in [0.25, 0.3) is 0 Å². The lowest BCUT2D eigenvalue weighted by Gasteiger charge is -2.50. The first kappa shape index (κ1) is 34.0. The zero-order valence-electron chi connectivity index (χ0n) is 27.1. The Labute approximate surface area is 219 Å². The van der Waals surface area contributed by atoms with Gasteiger partial charge >= 0.3 is 0 Å². The van der Waals surface area contributed by atoms with Gasteiger partial charge in [-0.2, -0.15) is 0 Å². The van der Waals surface area contributed by atoms with E-state index < -0.39 is 0 Å². The average molecular weight is 479 g/mol. The van der Waals surface area contributed by atoms with Crippen LogP contribution in [-0.2, 0) is 0 Å². The zero-order chi connectivity index (χ0) is 27.1. The molecule has 0 radical (unpaired) electrons. The summed E-state index contributed by atoms with van der Waals surface area (Å²) in [5.41, 5.74) is 0. The molecule has 0 rings (SSSR count). The normalized spacial score (nSPS) is 21.3. The molecule has 0 aromatic rings. The summed E-state index contributed by atoms with van der Waals surface area (Å²) in [5.74, 6) is 11.6. The summed E-state index contributed by atoms with van der Waals surface area (Å²) >= 11 is 0. The first-order valence-electron chi connectivity index (χ1n) is 15.6. The van der Waals surface area contributed by atoms with E-state index in [0.717, 1.165) is 88.8 Å². The molecule has 0 heterocycles. The Bertz CT molecular complexity index is 464. The van der Waals surface area contributed by atoms with Crippen LogP contribution in [0.2, 0.25) is 0 Å². The van der Waals surface area contributed by atoms with E-state index in [9.17, 15) is 0 Å². The zero-order valence-corrected chi connectivity index (χ0v) is 27.1. The molecule has 34 heavy (non-hydrogen) atoms. The van der Waals surface area contributed by atoms with Crippen molar-refractivity contribution in [3.05, 3.63) is 0 Å². The van der Waals surface area contributed by atoms with Crippen LogP contribution >= 0.6 is 0 Å².